The van der Waals surface area contributed by atoms with Gasteiger partial charge in [0.2, 0.25) is 5.91 Å². The molecule has 6 nitrogen and oxygen atoms in total. The molecule has 4 atom stereocenters. The minimum absolute atomic E-state index is 0.0443. The number of piperidine rings is 1. The minimum atomic E-state index is -4.51. The van der Waals surface area contributed by atoms with Gasteiger partial charge in [-0.3, -0.25) is 4.79 Å². The maximum atomic E-state index is 14.6. The van der Waals surface area contributed by atoms with E-state index in [-0.39, 0.29) is 31.7 Å². The number of carboxylic acid groups (broad SMARTS) is 1. The second-order valence-electron chi connectivity index (χ2n) is 10.0. The van der Waals surface area contributed by atoms with Crippen molar-refractivity contribution in [2.75, 3.05) is 26.2 Å². The molecule has 2 amide bonds. The van der Waals surface area contributed by atoms with Gasteiger partial charge in [0.05, 0.1) is 17.1 Å². The van der Waals surface area contributed by atoms with E-state index in [4.69, 9.17) is 0 Å². The quantitative estimate of drug-likeness (QED) is 0.570. The van der Waals surface area contributed by atoms with Gasteiger partial charge in [-0.15, -0.1) is 0 Å². The Balaban J connectivity index is 1.58. The number of likely N-dealkylation sites (tertiary alicyclic amines) is 2. The summed E-state index contributed by atoms with van der Waals surface area (Å²) in [6, 6.07) is 7.25. The number of carbonyl (C=O) groups is 2. The van der Waals surface area contributed by atoms with Crippen molar-refractivity contribution in [1.82, 2.24) is 9.80 Å². The first-order valence-electron chi connectivity index (χ1n) is 11.8. The molecular weight excluding hydrogens is 499 g/mol. The lowest BCUT2D eigenvalue weighted by molar-refractivity contribution is -0.153. The Morgan fingerprint density at radius 1 is 0.919 bits per heavy atom. The molecule has 2 aromatic rings. The van der Waals surface area contributed by atoms with Gasteiger partial charge < -0.3 is 20.0 Å². The van der Waals surface area contributed by atoms with E-state index in [1.165, 1.54) is 23.1 Å². The van der Waals surface area contributed by atoms with E-state index in [0.29, 0.717) is 11.6 Å². The van der Waals surface area contributed by atoms with Crippen molar-refractivity contribution in [3.8, 4) is 0 Å². The topological polar surface area (TPSA) is 81.1 Å². The summed E-state index contributed by atoms with van der Waals surface area (Å²) in [6.07, 6.45) is -5.78. The highest BCUT2D eigenvalue weighted by molar-refractivity contribution is 5.82. The lowest BCUT2D eigenvalue weighted by Crippen LogP contribution is -2.57. The van der Waals surface area contributed by atoms with Gasteiger partial charge in [-0.05, 0) is 29.3 Å². The maximum absolute atomic E-state index is 14.6. The molecule has 0 radical (unpaired) electrons. The van der Waals surface area contributed by atoms with Crippen LogP contribution in [0.15, 0.2) is 42.5 Å². The Morgan fingerprint density at radius 2 is 1.51 bits per heavy atom. The number of halogens is 5. The predicted molar refractivity (Wildman–Crippen MR) is 122 cm³/mol. The zero-order valence-electron chi connectivity index (χ0n) is 20.2. The molecule has 0 saturated carbocycles. The molecule has 2 fully saturated rings. The molecule has 2 aliphatic rings. The molecule has 37 heavy (non-hydrogen) atoms. The van der Waals surface area contributed by atoms with E-state index in [2.05, 4.69) is 0 Å². The van der Waals surface area contributed by atoms with Crippen LogP contribution < -0.4 is 0 Å². The summed E-state index contributed by atoms with van der Waals surface area (Å²) in [5, 5.41) is 21.0. The summed E-state index contributed by atoms with van der Waals surface area (Å²) < 4.78 is 67.0. The molecule has 2 aromatic carbocycles. The van der Waals surface area contributed by atoms with Crippen molar-refractivity contribution >= 4 is 12.0 Å². The highest BCUT2D eigenvalue weighted by Gasteiger charge is 2.50. The summed E-state index contributed by atoms with van der Waals surface area (Å²) in [7, 11) is 0. The number of nitrogens with zero attached hydrogens (tertiary/aromatic N) is 2. The molecule has 4 rings (SSSR count). The Kier molecular flexibility index (Phi) is 6.96. The molecule has 0 aliphatic carbocycles. The molecule has 200 valence electrons. The molecule has 11 heteroatoms. The van der Waals surface area contributed by atoms with Crippen molar-refractivity contribution in [2.24, 2.45) is 17.8 Å². The summed E-state index contributed by atoms with van der Waals surface area (Å²) in [4.78, 5) is 27.8. The normalized spacial score (nSPS) is 28.4. The molecule has 2 saturated heterocycles. The number of carbonyl (C=O) groups excluding carboxylic acids is 1. The third-order valence-electron chi connectivity index (χ3n) is 7.75. The van der Waals surface area contributed by atoms with Crippen LogP contribution in [0.5, 0.6) is 0 Å². The van der Waals surface area contributed by atoms with Crippen molar-refractivity contribution < 1.29 is 41.8 Å². The van der Waals surface area contributed by atoms with E-state index in [9.17, 15) is 41.8 Å². The van der Waals surface area contributed by atoms with Crippen LogP contribution in [0.4, 0.5) is 26.7 Å². The van der Waals surface area contributed by atoms with Crippen LogP contribution in [-0.4, -0.2) is 58.2 Å². The van der Waals surface area contributed by atoms with Gasteiger partial charge in [-0.25, -0.2) is 13.6 Å². The zero-order chi connectivity index (χ0) is 27.3. The van der Waals surface area contributed by atoms with Gasteiger partial charge in [0.1, 0.15) is 11.6 Å². The fraction of sp³-hybridized carbons (Fsp3) is 0.462. The summed E-state index contributed by atoms with van der Waals surface area (Å²) >= 11 is 0. The SMILES string of the molecule is CC1CN(C(=O)C2CN(C(=O)O)CC2c2ccc(F)cc2F)CC(C)C1(O)c1ccc(C(F)(F)F)cc1. The van der Waals surface area contributed by atoms with Crippen LogP contribution in [0.3, 0.4) is 0 Å². The lowest BCUT2D eigenvalue weighted by atomic mass is 9.70. The second-order valence-corrected chi connectivity index (χ2v) is 10.0. The van der Waals surface area contributed by atoms with Gasteiger partial charge in [0, 0.05) is 50.0 Å². The smallest absolute Gasteiger partial charge is 0.416 e. The molecule has 2 heterocycles. The number of alkyl halides is 3. The first kappa shape index (κ1) is 26.8. The molecular formula is C26H27F5N2O4. The standard InChI is InChI=1S/C26H27F5N2O4/c1-14-10-32(11-15(2)25(14,37)16-3-5-17(6-4-16)26(29,30)31)23(34)21-13-33(24(35)36)12-20(21)19-8-7-18(27)9-22(19)28/h3-9,14-15,20-21,37H,10-13H2,1-2H3,(H,35,36). The van der Waals surface area contributed by atoms with Crippen LogP contribution >= 0.6 is 0 Å². The molecule has 4 unspecified atom stereocenters. The number of aliphatic hydroxyl groups is 1. The van der Waals surface area contributed by atoms with Gasteiger partial charge in [-0.2, -0.15) is 13.2 Å². The van der Waals surface area contributed by atoms with Crippen LogP contribution in [0.2, 0.25) is 0 Å². The monoisotopic (exact) mass is 526 g/mol. The van der Waals surface area contributed by atoms with Gasteiger partial charge in [-0.1, -0.05) is 32.0 Å². The third-order valence-corrected chi connectivity index (χ3v) is 7.75. The van der Waals surface area contributed by atoms with E-state index >= 15 is 0 Å². The number of benzene rings is 2. The van der Waals surface area contributed by atoms with Gasteiger partial charge in [0.15, 0.2) is 0 Å². The third kappa shape index (κ3) is 4.88. The highest BCUT2D eigenvalue weighted by atomic mass is 19.4. The van der Waals surface area contributed by atoms with Gasteiger partial charge >= 0.3 is 12.3 Å². The molecule has 0 bridgehead atoms. The molecule has 0 aromatic heterocycles. The molecule has 2 aliphatic heterocycles. The first-order chi connectivity index (χ1) is 17.2. The van der Waals surface area contributed by atoms with E-state index in [0.717, 1.165) is 23.1 Å². The highest BCUT2D eigenvalue weighted by Crippen LogP contribution is 2.44. The number of rotatable bonds is 3. The maximum Gasteiger partial charge on any atom is 0.416 e. The lowest BCUT2D eigenvalue weighted by Gasteiger charge is -2.48. The van der Waals surface area contributed by atoms with Crippen molar-refractivity contribution in [3.05, 3.63) is 70.8 Å². The number of hydrogen-bond acceptors (Lipinski definition) is 3. The predicted octanol–water partition coefficient (Wildman–Crippen LogP) is 4.68. The van der Waals surface area contributed by atoms with Crippen LogP contribution in [-0.2, 0) is 16.6 Å². The largest absolute Gasteiger partial charge is 0.465 e. The Morgan fingerprint density at radius 3 is 2.03 bits per heavy atom. The van der Waals surface area contributed by atoms with Crippen LogP contribution in [0.1, 0.15) is 36.5 Å². The van der Waals surface area contributed by atoms with Gasteiger partial charge in [0.25, 0.3) is 0 Å². The number of hydrogen-bond donors (Lipinski definition) is 2. The Bertz CT molecular complexity index is 1170. The summed E-state index contributed by atoms with van der Waals surface area (Å²) in [6.45, 7) is 3.18. The minimum Gasteiger partial charge on any atom is -0.465 e. The average Bonchev–Trinajstić information content (AvgIpc) is 3.26. The van der Waals surface area contributed by atoms with Crippen LogP contribution in [0, 0.1) is 29.4 Å². The van der Waals surface area contributed by atoms with Crippen molar-refractivity contribution in [1.29, 1.82) is 0 Å². The van der Waals surface area contributed by atoms with E-state index in [1.807, 2.05) is 0 Å². The average molecular weight is 527 g/mol. The zero-order valence-corrected chi connectivity index (χ0v) is 20.2. The fourth-order valence-electron chi connectivity index (χ4n) is 5.74. The van der Waals surface area contributed by atoms with Crippen LogP contribution in [0.25, 0.3) is 0 Å². The Hall–Kier alpha value is -3.21. The second kappa shape index (κ2) is 9.59. The summed E-state index contributed by atoms with van der Waals surface area (Å²) in [5.74, 6) is -4.99. The summed E-state index contributed by atoms with van der Waals surface area (Å²) in [5.41, 5.74) is -2.00. The number of amides is 2. The Labute approximate surface area is 210 Å². The fourth-order valence-corrected chi connectivity index (χ4v) is 5.74. The van der Waals surface area contributed by atoms with Crippen molar-refractivity contribution in [3.63, 3.8) is 0 Å². The van der Waals surface area contributed by atoms with Crippen molar-refractivity contribution in [2.45, 2.75) is 31.5 Å². The first-order valence-corrected chi connectivity index (χ1v) is 11.8. The van der Waals surface area contributed by atoms with E-state index in [1.54, 1.807) is 13.8 Å². The van der Waals surface area contributed by atoms with E-state index < -0.39 is 64.6 Å². The molecule has 2 N–H and O–H groups in total. The molecule has 0 spiro atoms.